The molecule has 0 aromatic rings. The third kappa shape index (κ3) is 0.863. The molecule has 6 saturated carbocycles. The minimum Gasteiger partial charge on any atom is -0.469 e. The van der Waals surface area contributed by atoms with E-state index >= 15 is 0 Å². The monoisotopic (exact) mass is 306 g/mol. The second-order valence-corrected chi connectivity index (χ2v) is 7.41. The summed E-state index contributed by atoms with van der Waals surface area (Å²) in [6.07, 6.45) is 0. The van der Waals surface area contributed by atoms with Gasteiger partial charge >= 0.3 is 17.9 Å². The molecule has 0 aliphatic heterocycles. The lowest BCUT2D eigenvalue weighted by Gasteiger charge is -2.97. The van der Waals surface area contributed by atoms with Gasteiger partial charge < -0.3 is 14.2 Å². The zero-order valence-corrected chi connectivity index (χ0v) is 12.6. The topological polar surface area (TPSA) is 78.9 Å². The van der Waals surface area contributed by atoms with Gasteiger partial charge in [0.25, 0.3) is 0 Å². The van der Waals surface area contributed by atoms with Crippen molar-refractivity contribution in [2.75, 3.05) is 21.3 Å². The first-order valence-corrected chi connectivity index (χ1v) is 7.81. The van der Waals surface area contributed by atoms with Gasteiger partial charge in [0.05, 0.1) is 38.6 Å². The minimum atomic E-state index is -0.455. The third-order valence-electron chi connectivity index (χ3n) is 7.73. The smallest absolute Gasteiger partial charge is 0.312 e. The summed E-state index contributed by atoms with van der Waals surface area (Å²) in [5.74, 6) is 0.240. The number of rotatable bonds is 3. The van der Waals surface area contributed by atoms with E-state index in [4.69, 9.17) is 14.2 Å². The van der Waals surface area contributed by atoms with E-state index in [1.54, 1.807) is 0 Å². The molecule has 10 atom stereocenters. The van der Waals surface area contributed by atoms with Gasteiger partial charge in [-0.2, -0.15) is 0 Å². The second kappa shape index (κ2) is 3.49. The van der Waals surface area contributed by atoms with Crippen LogP contribution in [0.4, 0.5) is 0 Å². The maximum atomic E-state index is 12.3. The van der Waals surface area contributed by atoms with Gasteiger partial charge in [-0.25, -0.2) is 0 Å². The quantitative estimate of drug-likeness (QED) is 0.544. The molecule has 0 saturated heterocycles. The first-order chi connectivity index (χ1) is 10.6. The molecule has 0 radical (unpaired) electrons. The number of hydrogen-bond acceptors (Lipinski definition) is 6. The molecule has 2 bridgehead atoms. The van der Waals surface area contributed by atoms with E-state index in [1.165, 1.54) is 21.3 Å². The van der Waals surface area contributed by atoms with Gasteiger partial charge in [-0.05, 0) is 41.4 Å². The molecule has 118 valence electrons. The van der Waals surface area contributed by atoms with Crippen LogP contribution in [0.5, 0.6) is 0 Å². The van der Waals surface area contributed by atoms with Crippen molar-refractivity contribution < 1.29 is 28.6 Å². The Hall–Kier alpha value is -1.59. The Labute approximate surface area is 127 Å². The number of esters is 3. The van der Waals surface area contributed by atoms with E-state index in [-0.39, 0.29) is 47.0 Å². The molecule has 0 N–H and O–H groups in total. The molecule has 0 aromatic carbocycles. The van der Waals surface area contributed by atoms with E-state index in [9.17, 15) is 14.4 Å². The molecular weight excluding hydrogens is 288 g/mol. The first kappa shape index (κ1) is 12.9. The highest BCUT2D eigenvalue weighted by atomic mass is 16.5. The van der Waals surface area contributed by atoms with E-state index < -0.39 is 11.8 Å². The Balaban J connectivity index is 1.55. The fraction of sp³-hybridized carbons (Fsp3) is 0.812. The summed E-state index contributed by atoms with van der Waals surface area (Å²) in [4.78, 5) is 36.8. The van der Waals surface area contributed by atoms with Crippen molar-refractivity contribution in [1.82, 2.24) is 0 Å². The molecule has 6 rings (SSSR count). The van der Waals surface area contributed by atoms with Crippen molar-refractivity contribution in [1.29, 1.82) is 0 Å². The second-order valence-electron chi connectivity index (χ2n) is 7.41. The van der Waals surface area contributed by atoms with E-state index in [2.05, 4.69) is 0 Å². The van der Waals surface area contributed by atoms with E-state index in [0.717, 1.165) is 0 Å². The minimum absolute atomic E-state index is 0.0839. The molecule has 0 heterocycles. The summed E-state index contributed by atoms with van der Waals surface area (Å²) in [5, 5.41) is 0. The van der Waals surface area contributed by atoms with Crippen molar-refractivity contribution in [2.45, 2.75) is 0 Å². The van der Waals surface area contributed by atoms with Crippen LogP contribution in [0.3, 0.4) is 0 Å². The van der Waals surface area contributed by atoms with Crippen LogP contribution in [-0.2, 0) is 28.6 Å². The van der Waals surface area contributed by atoms with Crippen molar-refractivity contribution in [2.24, 2.45) is 58.7 Å². The molecule has 0 amide bonds. The highest BCUT2D eigenvalue weighted by Crippen LogP contribution is 2.98. The zero-order valence-electron chi connectivity index (χ0n) is 12.6. The van der Waals surface area contributed by atoms with Crippen LogP contribution >= 0.6 is 0 Å². The van der Waals surface area contributed by atoms with Gasteiger partial charge in [0.15, 0.2) is 0 Å². The molecular formula is C16H18O6. The van der Waals surface area contributed by atoms with Crippen LogP contribution in [-0.4, -0.2) is 39.2 Å². The summed E-state index contributed by atoms with van der Waals surface area (Å²) >= 11 is 0. The first-order valence-electron chi connectivity index (χ1n) is 7.81. The maximum Gasteiger partial charge on any atom is 0.312 e. The standard InChI is InChI=1S/C16H18O6/c1-20-13(17)5-4-7-10-8(4)12-9(6(5)14(18)21-2)11(7)16(10,12)15(19)22-3/h4-12H,1-3H3/t4?,5-,6-,7-,8+,9?,10?,11+,12-,16?/m0/s1. The fourth-order valence-electron chi connectivity index (χ4n) is 7.60. The van der Waals surface area contributed by atoms with Gasteiger partial charge in [-0.1, -0.05) is 0 Å². The summed E-state index contributed by atoms with van der Waals surface area (Å²) in [6, 6.07) is 0. The van der Waals surface area contributed by atoms with Gasteiger partial charge in [0.1, 0.15) is 0 Å². The predicted molar refractivity (Wildman–Crippen MR) is 69.9 cm³/mol. The number of carbonyl (C=O) groups is 3. The Morgan fingerprint density at radius 2 is 1.14 bits per heavy atom. The molecule has 6 aliphatic carbocycles. The van der Waals surface area contributed by atoms with Crippen LogP contribution in [0.25, 0.3) is 0 Å². The molecule has 6 fully saturated rings. The van der Waals surface area contributed by atoms with Gasteiger partial charge in [-0.15, -0.1) is 0 Å². The third-order valence-corrected chi connectivity index (χ3v) is 7.73. The van der Waals surface area contributed by atoms with Crippen molar-refractivity contribution >= 4 is 17.9 Å². The van der Waals surface area contributed by atoms with Crippen LogP contribution in [0.2, 0.25) is 0 Å². The van der Waals surface area contributed by atoms with Gasteiger partial charge in [-0.3, -0.25) is 14.4 Å². The normalized spacial score (nSPS) is 57.1. The molecule has 6 nitrogen and oxygen atoms in total. The Morgan fingerprint density at radius 1 is 0.682 bits per heavy atom. The lowest BCUT2D eigenvalue weighted by molar-refractivity contribution is -0.516. The van der Waals surface area contributed by atoms with Crippen LogP contribution in [0.15, 0.2) is 0 Å². The summed E-state index contributed by atoms with van der Waals surface area (Å²) in [6.45, 7) is 0. The Bertz CT molecular complexity index is 602. The van der Waals surface area contributed by atoms with Crippen LogP contribution < -0.4 is 0 Å². The van der Waals surface area contributed by atoms with Crippen molar-refractivity contribution in [3.63, 3.8) is 0 Å². The predicted octanol–water partition coefficient (Wildman–Crippen LogP) is 0.106. The molecule has 0 aromatic heterocycles. The number of carbonyl (C=O) groups excluding carboxylic acids is 3. The van der Waals surface area contributed by atoms with Crippen LogP contribution in [0, 0.1) is 58.7 Å². The van der Waals surface area contributed by atoms with Crippen molar-refractivity contribution in [3.05, 3.63) is 0 Å². The highest BCUT2D eigenvalue weighted by Gasteiger charge is 3.01. The van der Waals surface area contributed by atoms with E-state index in [0.29, 0.717) is 17.8 Å². The average molecular weight is 306 g/mol. The van der Waals surface area contributed by atoms with Crippen molar-refractivity contribution in [3.8, 4) is 0 Å². The zero-order chi connectivity index (χ0) is 15.5. The Morgan fingerprint density at radius 3 is 1.59 bits per heavy atom. The average Bonchev–Trinajstić information content (AvgIpc) is 2.52. The number of fused-ring (bicyclic) bond motifs is 1. The highest BCUT2D eigenvalue weighted by molar-refractivity contribution is 5.90. The SMILES string of the molecule is COC(=O)[C@@H]1C2[C@@H]3[C@@H]4C([C@H]5C4C3(C(=O)OC)[C@@H]25)[C@@H]1C(=O)OC. The maximum absolute atomic E-state index is 12.3. The lowest BCUT2D eigenvalue weighted by atomic mass is 9.04. The van der Waals surface area contributed by atoms with Gasteiger partial charge in [0, 0.05) is 0 Å². The van der Waals surface area contributed by atoms with E-state index in [1.807, 2.05) is 0 Å². The fourth-order valence-corrected chi connectivity index (χ4v) is 7.60. The van der Waals surface area contributed by atoms with Gasteiger partial charge in [0.2, 0.25) is 0 Å². The number of methoxy groups -OCH3 is 3. The largest absolute Gasteiger partial charge is 0.469 e. The number of ether oxygens (including phenoxy) is 3. The molecule has 4 unspecified atom stereocenters. The number of hydrogen-bond donors (Lipinski definition) is 0. The molecule has 0 spiro atoms. The summed E-state index contributed by atoms with van der Waals surface area (Å²) < 4.78 is 14.9. The summed E-state index contributed by atoms with van der Waals surface area (Å²) in [5.41, 5.74) is -0.335. The summed E-state index contributed by atoms with van der Waals surface area (Å²) in [7, 11) is 4.16. The lowest BCUT2D eigenvalue weighted by Crippen LogP contribution is -3.00. The molecule has 22 heavy (non-hydrogen) atoms. The Kier molecular flexibility index (Phi) is 2.05. The molecule has 6 aliphatic rings. The van der Waals surface area contributed by atoms with Crippen LogP contribution in [0.1, 0.15) is 0 Å². The molecule has 6 heteroatoms.